The van der Waals surface area contributed by atoms with Gasteiger partial charge in [-0.15, -0.1) is 0 Å². The second-order valence-corrected chi connectivity index (χ2v) is 13.9. The first kappa shape index (κ1) is 25.4. The van der Waals surface area contributed by atoms with Gasteiger partial charge in [0.1, 0.15) is 15.4 Å². The summed E-state index contributed by atoms with van der Waals surface area (Å²) in [6.07, 6.45) is 10.0. The molecule has 3 fully saturated rings. The van der Waals surface area contributed by atoms with E-state index in [1.807, 2.05) is 31.2 Å². The molecule has 2 atom stereocenters. The number of carbonyl (C=O) groups excluding carboxylic acids is 2. The first-order valence-corrected chi connectivity index (χ1v) is 15.2. The molecule has 0 spiro atoms. The van der Waals surface area contributed by atoms with Gasteiger partial charge in [0.05, 0.1) is 24.8 Å². The van der Waals surface area contributed by atoms with Gasteiger partial charge in [0.25, 0.3) is 0 Å². The van der Waals surface area contributed by atoms with Crippen LogP contribution in [0.15, 0.2) is 47.0 Å². The molecule has 1 aromatic heterocycles. The van der Waals surface area contributed by atoms with Gasteiger partial charge in [-0.25, -0.2) is 17.9 Å². The highest BCUT2D eigenvalue weighted by Gasteiger charge is 2.52. The van der Waals surface area contributed by atoms with E-state index in [0.717, 1.165) is 54.3 Å². The van der Waals surface area contributed by atoms with Crippen molar-refractivity contribution in [2.75, 3.05) is 0 Å². The molecule has 4 aliphatic rings. The van der Waals surface area contributed by atoms with Crippen molar-refractivity contribution in [3.63, 3.8) is 0 Å². The van der Waals surface area contributed by atoms with Crippen LogP contribution in [0.3, 0.4) is 0 Å². The lowest BCUT2D eigenvalue weighted by Crippen LogP contribution is -2.58. The molecule has 202 valence electrons. The molecule has 2 unspecified atom stereocenters. The van der Waals surface area contributed by atoms with Crippen molar-refractivity contribution in [3.8, 4) is 5.75 Å². The van der Waals surface area contributed by atoms with Gasteiger partial charge in [0.2, 0.25) is 15.9 Å². The number of ether oxygens (including phenoxy) is 1. The number of hydrogen-bond donors (Lipinski definition) is 1. The zero-order valence-electron chi connectivity index (χ0n) is 21.4. The number of carbonyl (C=O) groups is 2. The second kappa shape index (κ2) is 9.42. The Bertz CT molecular complexity index is 1400. The number of fused-ring (bicyclic) bond motifs is 1. The van der Waals surface area contributed by atoms with Crippen LogP contribution in [0.2, 0.25) is 0 Å². The van der Waals surface area contributed by atoms with Crippen LogP contribution < -0.4 is 9.46 Å². The highest BCUT2D eigenvalue weighted by atomic mass is 32.3. The maximum atomic E-state index is 13.7. The van der Waals surface area contributed by atoms with Crippen LogP contribution in [0, 0.1) is 5.92 Å². The van der Waals surface area contributed by atoms with Crippen molar-refractivity contribution < 1.29 is 22.7 Å². The quantitative estimate of drug-likeness (QED) is 0.503. The fourth-order valence-electron chi connectivity index (χ4n) is 4.86. The Labute approximate surface area is 226 Å². The lowest BCUT2D eigenvalue weighted by Gasteiger charge is -2.41. The minimum absolute atomic E-state index is 0.0658. The van der Waals surface area contributed by atoms with Crippen LogP contribution in [0.4, 0.5) is 4.79 Å². The maximum Gasteiger partial charge on any atom is 0.328 e. The van der Waals surface area contributed by atoms with Crippen molar-refractivity contribution in [2.45, 2.75) is 69.1 Å². The van der Waals surface area contributed by atoms with Crippen molar-refractivity contribution in [3.05, 3.63) is 58.1 Å². The number of thioether (sulfide) groups is 1. The molecule has 10 nitrogen and oxygen atoms in total. The Morgan fingerprint density at radius 2 is 1.87 bits per heavy atom. The highest BCUT2D eigenvalue weighted by Crippen LogP contribution is 2.46. The summed E-state index contributed by atoms with van der Waals surface area (Å²) in [4.78, 5) is 30.1. The summed E-state index contributed by atoms with van der Waals surface area (Å²) in [7, 11) is -2.03. The molecule has 2 saturated carbocycles. The minimum atomic E-state index is -3.80. The SMILES string of the molecule is Cn1cc(CN2C(=O)C3C=C(S(=O)(=O)NC4(C)CC4)SC3N(Cc3ccc(OC4CCC4)cc3)C2=O)cn1. The van der Waals surface area contributed by atoms with E-state index in [1.165, 1.54) is 17.4 Å². The molecule has 12 heteroatoms. The van der Waals surface area contributed by atoms with Crippen LogP contribution >= 0.6 is 11.8 Å². The molecule has 3 heterocycles. The third kappa shape index (κ3) is 4.96. The monoisotopic (exact) mass is 557 g/mol. The molecule has 1 saturated heterocycles. The normalized spacial score (nSPS) is 24.7. The topological polar surface area (TPSA) is 114 Å². The number of aryl methyl sites for hydroxylation is 1. The summed E-state index contributed by atoms with van der Waals surface area (Å²) in [5.41, 5.74) is 1.15. The summed E-state index contributed by atoms with van der Waals surface area (Å²) in [6, 6.07) is 7.18. The van der Waals surface area contributed by atoms with Crippen LogP contribution in [0.5, 0.6) is 5.75 Å². The molecule has 1 N–H and O–H groups in total. The van der Waals surface area contributed by atoms with E-state index in [2.05, 4.69) is 9.82 Å². The van der Waals surface area contributed by atoms with Gasteiger partial charge < -0.3 is 9.64 Å². The van der Waals surface area contributed by atoms with Crippen molar-refractivity contribution in [1.82, 2.24) is 24.3 Å². The zero-order chi connectivity index (χ0) is 26.7. The predicted octanol–water partition coefficient (Wildman–Crippen LogP) is 3.32. The van der Waals surface area contributed by atoms with Crippen LogP contribution in [-0.2, 0) is 35.0 Å². The van der Waals surface area contributed by atoms with Crippen LogP contribution in [-0.4, -0.2) is 57.0 Å². The summed E-state index contributed by atoms with van der Waals surface area (Å²) >= 11 is 1.07. The number of aromatic nitrogens is 2. The number of imide groups is 1. The average molecular weight is 558 g/mol. The van der Waals surface area contributed by atoms with Gasteiger partial charge in [-0.3, -0.25) is 14.4 Å². The zero-order valence-corrected chi connectivity index (χ0v) is 23.0. The molecule has 2 aliphatic heterocycles. The van der Waals surface area contributed by atoms with E-state index in [-0.39, 0.29) is 23.4 Å². The number of benzene rings is 1. The number of rotatable bonds is 9. The Morgan fingerprint density at radius 3 is 2.47 bits per heavy atom. The number of nitrogens with one attached hydrogen (secondary N) is 1. The third-order valence-corrected chi connectivity index (χ3v) is 11.1. The number of amides is 3. The molecule has 38 heavy (non-hydrogen) atoms. The summed E-state index contributed by atoms with van der Waals surface area (Å²) in [5.74, 6) is -0.381. The van der Waals surface area contributed by atoms with Crippen molar-refractivity contribution >= 4 is 33.7 Å². The van der Waals surface area contributed by atoms with Gasteiger partial charge in [-0.1, -0.05) is 23.9 Å². The van der Waals surface area contributed by atoms with Gasteiger partial charge in [-0.2, -0.15) is 5.10 Å². The Balaban J connectivity index is 1.26. The lowest BCUT2D eigenvalue weighted by atomic mass is 9.96. The van der Waals surface area contributed by atoms with Gasteiger partial charge in [-0.05, 0) is 62.8 Å². The fourth-order valence-corrected chi connectivity index (χ4v) is 8.16. The molecule has 2 aromatic rings. The summed E-state index contributed by atoms with van der Waals surface area (Å²) in [5, 5.41) is 3.50. The second-order valence-electron chi connectivity index (χ2n) is 10.9. The molecule has 6 rings (SSSR count). The number of hydrogen-bond acceptors (Lipinski definition) is 7. The van der Waals surface area contributed by atoms with Gasteiger partial charge in [0, 0.05) is 30.9 Å². The molecule has 3 amide bonds. The number of urea groups is 1. The molecule has 0 bridgehead atoms. The largest absolute Gasteiger partial charge is 0.490 e. The molecule has 0 radical (unpaired) electrons. The predicted molar refractivity (Wildman–Crippen MR) is 142 cm³/mol. The number of nitrogens with zero attached hydrogens (tertiary/aromatic N) is 4. The maximum absolute atomic E-state index is 13.7. The smallest absolute Gasteiger partial charge is 0.328 e. The Hall–Kier alpha value is -2.83. The van der Waals surface area contributed by atoms with E-state index in [4.69, 9.17) is 4.74 Å². The lowest BCUT2D eigenvalue weighted by molar-refractivity contribution is -0.135. The van der Waals surface area contributed by atoms with E-state index in [0.29, 0.717) is 0 Å². The molecule has 1 aromatic carbocycles. The van der Waals surface area contributed by atoms with Gasteiger partial charge in [0.15, 0.2) is 0 Å². The summed E-state index contributed by atoms with van der Waals surface area (Å²) < 4.78 is 36.8. The Kier molecular flexibility index (Phi) is 6.31. The van der Waals surface area contributed by atoms with E-state index in [9.17, 15) is 18.0 Å². The third-order valence-electron chi connectivity index (χ3n) is 7.57. The van der Waals surface area contributed by atoms with E-state index < -0.39 is 38.8 Å². The Morgan fingerprint density at radius 1 is 1.13 bits per heavy atom. The van der Waals surface area contributed by atoms with Gasteiger partial charge >= 0.3 is 6.03 Å². The van der Waals surface area contributed by atoms with Crippen LogP contribution in [0.25, 0.3) is 0 Å². The van der Waals surface area contributed by atoms with E-state index in [1.54, 1.807) is 29.0 Å². The fraction of sp³-hybridized carbons (Fsp3) is 0.500. The number of sulfonamides is 1. The molecular weight excluding hydrogens is 526 g/mol. The first-order valence-electron chi connectivity index (χ1n) is 12.9. The van der Waals surface area contributed by atoms with Crippen molar-refractivity contribution in [1.29, 1.82) is 0 Å². The average Bonchev–Trinajstić information content (AvgIpc) is 3.21. The van der Waals surface area contributed by atoms with Crippen LogP contribution in [0.1, 0.15) is 50.2 Å². The van der Waals surface area contributed by atoms with E-state index >= 15 is 0 Å². The summed E-state index contributed by atoms with van der Waals surface area (Å²) in [6.45, 7) is 2.17. The highest BCUT2D eigenvalue weighted by molar-refractivity contribution is 8.18. The standard InChI is InChI=1S/C26H31N5O5S2/c1-26(10-11-26)28-38(34,35)22-12-21-23(32)30(16-18-13-27-29(2)14-18)25(33)31(24(21)37-22)15-17-6-8-20(9-7-17)36-19-4-3-5-19/h6-9,12-14,19,21,24,28H,3-5,10-11,15-16H2,1-2H3. The van der Waals surface area contributed by atoms with Crippen molar-refractivity contribution in [2.24, 2.45) is 13.0 Å². The molecular formula is C26H31N5O5S2. The first-order chi connectivity index (χ1) is 18.1. The minimum Gasteiger partial charge on any atom is -0.490 e. The molecule has 2 aliphatic carbocycles.